The fourth-order valence-electron chi connectivity index (χ4n) is 2.69. The number of hydrogen-bond acceptors (Lipinski definition) is 6. The predicted octanol–water partition coefficient (Wildman–Crippen LogP) is -1.38. The third kappa shape index (κ3) is 5.48. The summed E-state index contributed by atoms with van der Waals surface area (Å²) in [6.07, 6.45) is 2.67. The van der Waals surface area contributed by atoms with Crippen molar-refractivity contribution in [3.05, 3.63) is 30.1 Å². The van der Waals surface area contributed by atoms with E-state index in [1.807, 2.05) is 0 Å². The molecule has 1 heterocycles. The molecule has 10 heteroatoms. The predicted molar refractivity (Wildman–Crippen MR) is 90.1 cm³/mol. The molecule has 2 amide bonds. The van der Waals surface area contributed by atoms with Gasteiger partial charge in [0, 0.05) is 30.4 Å². The molecule has 0 unspecified atom stereocenters. The minimum atomic E-state index is -3.38. The Hall–Kier alpha value is -2.04. The topological polar surface area (TPSA) is 137 Å². The first-order valence-electron chi connectivity index (χ1n) is 7.90. The van der Waals surface area contributed by atoms with E-state index < -0.39 is 28.1 Å². The number of nitrogens with zero attached hydrogens (tertiary/aromatic N) is 1. The van der Waals surface area contributed by atoms with Gasteiger partial charge in [0.1, 0.15) is 0 Å². The van der Waals surface area contributed by atoms with Crippen LogP contribution in [0.25, 0.3) is 0 Å². The Morgan fingerprint density at radius 1 is 1.28 bits per heavy atom. The summed E-state index contributed by atoms with van der Waals surface area (Å²) >= 11 is 0. The zero-order chi connectivity index (χ0) is 18.4. The van der Waals surface area contributed by atoms with Crippen molar-refractivity contribution in [3.63, 3.8) is 0 Å². The highest BCUT2D eigenvalue weighted by Crippen LogP contribution is 2.26. The highest BCUT2D eigenvalue weighted by Gasteiger charge is 2.37. The summed E-state index contributed by atoms with van der Waals surface area (Å²) in [7, 11) is -2.08. The van der Waals surface area contributed by atoms with Crippen molar-refractivity contribution in [1.29, 1.82) is 0 Å². The van der Waals surface area contributed by atoms with Crippen LogP contribution in [0.3, 0.4) is 0 Å². The maximum Gasteiger partial charge on any atom is 0.251 e. The van der Waals surface area contributed by atoms with Crippen LogP contribution in [0.1, 0.15) is 23.2 Å². The largest absolute Gasteiger partial charge is 0.391 e. The molecule has 0 aromatic carbocycles. The first-order valence-corrected chi connectivity index (χ1v) is 9.55. The van der Waals surface area contributed by atoms with E-state index in [4.69, 9.17) is 0 Å². The molecule has 0 spiro atoms. The summed E-state index contributed by atoms with van der Waals surface area (Å²) < 4.78 is 24.8. The summed E-state index contributed by atoms with van der Waals surface area (Å²) in [6.45, 7) is -0.0113. The molecule has 4 N–H and O–H groups in total. The molecule has 25 heavy (non-hydrogen) atoms. The van der Waals surface area contributed by atoms with E-state index in [0.717, 1.165) is 0 Å². The SMILES string of the molecule is CNS(=O)(=O)CCNC(=O)[C@@H]1C[C@@H](O)[C@H](NC(=O)c2ccncc2)C1. The molecule has 0 saturated heterocycles. The summed E-state index contributed by atoms with van der Waals surface area (Å²) in [5, 5.41) is 15.4. The maximum atomic E-state index is 12.1. The second kappa shape index (κ2) is 8.37. The van der Waals surface area contributed by atoms with E-state index >= 15 is 0 Å². The average molecular weight is 370 g/mol. The molecule has 1 saturated carbocycles. The minimum absolute atomic E-state index is 0.0113. The van der Waals surface area contributed by atoms with E-state index in [1.54, 1.807) is 12.1 Å². The van der Waals surface area contributed by atoms with E-state index in [2.05, 4.69) is 20.3 Å². The second-order valence-corrected chi connectivity index (χ2v) is 7.91. The van der Waals surface area contributed by atoms with E-state index in [1.165, 1.54) is 19.4 Å². The van der Waals surface area contributed by atoms with Crippen molar-refractivity contribution in [3.8, 4) is 0 Å². The second-order valence-electron chi connectivity index (χ2n) is 5.87. The number of carbonyl (C=O) groups is 2. The van der Waals surface area contributed by atoms with Crippen LogP contribution in [0, 0.1) is 5.92 Å². The van der Waals surface area contributed by atoms with Crippen molar-refractivity contribution in [2.45, 2.75) is 25.0 Å². The van der Waals surface area contributed by atoms with E-state index in [-0.39, 0.29) is 30.5 Å². The van der Waals surface area contributed by atoms with Crippen LogP contribution in [-0.2, 0) is 14.8 Å². The Morgan fingerprint density at radius 3 is 2.60 bits per heavy atom. The van der Waals surface area contributed by atoms with Gasteiger partial charge >= 0.3 is 0 Å². The van der Waals surface area contributed by atoms with Gasteiger partial charge in [0.15, 0.2) is 0 Å². The quantitative estimate of drug-likeness (QED) is 0.467. The number of aliphatic hydroxyl groups excluding tert-OH is 1. The highest BCUT2D eigenvalue weighted by atomic mass is 32.2. The Bertz CT molecular complexity index is 710. The number of rotatable bonds is 7. The molecule has 0 aliphatic heterocycles. The molecule has 1 aromatic heterocycles. The molecule has 138 valence electrons. The van der Waals surface area contributed by atoms with Crippen molar-refractivity contribution in [2.24, 2.45) is 5.92 Å². The number of nitrogens with one attached hydrogen (secondary N) is 3. The Morgan fingerprint density at radius 2 is 1.96 bits per heavy atom. The van der Waals surface area contributed by atoms with E-state index in [0.29, 0.717) is 12.0 Å². The standard InChI is InChI=1S/C15H22N4O5S/c1-16-25(23,24)7-6-18-14(21)11-8-12(13(20)9-11)19-15(22)10-2-4-17-5-3-10/h2-5,11-13,16,20H,6-9H2,1H3,(H,18,21)(H,19,22)/t11-,12+,13+/m0/s1. The lowest BCUT2D eigenvalue weighted by atomic mass is 10.1. The van der Waals surface area contributed by atoms with Gasteiger partial charge < -0.3 is 15.7 Å². The molecule has 0 bridgehead atoms. The molecule has 0 radical (unpaired) electrons. The van der Waals surface area contributed by atoms with Gasteiger partial charge in [-0.1, -0.05) is 0 Å². The van der Waals surface area contributed by atoms with Crippen LogP contribution in [0.15, 0.2) is 24.5 Å². The van der Waals surface area contributed by atoms with Gasteiger partial charge in [-0.05, 0) is 32.0 Å². The highest BCUT2D eigenvalue weighted by molar-refractivity contribution is 7.89. The van der Waals surface area contributed by atoms with Gasteiger partial charge in [0.2, 0.25) is 15.9 Å². The summed E-state index contributed by atoms with van der Waals surface area (Å²) in [5.74, 6) is -1.36. The van der Waals surface area contributed by atoms with Crippen molar-refractivity contribution < 1.29 is 23.1 Å². The van der Waals surface area contributed by atoms with Crippen LogP contribution in [0.4, 0.5) is 0 Å². The third-order valence-corrected chi connectivity index (χ3v) is 5.50. The lowest BCUT2D eigenvalue weighted by Gasteiger charge is -2.16. The number of amides is 2. The van der Waals surface area contributed by atoms with Gasteiger partial charge in [0.25, 0.3) is 5.91 Å². The van der Waals surface area contributed by atoms with Crippen LogP contribution in [0.2, 0.25) is 0 Å². The molecule has 1 fully saturated rings. The van der Waals surface area contributed by atoms with Gasteiger partial charge in [-0.25, -0.2) is 13.1 Å². The molecule has 1 aliphatic rings. The number of aromatic nitrogens is 1. The lowest BCUT2D eigenvalue weighted by Crippen LogP contribution is -2.40. The zero-order valence-corrected chi connectivity index (χ0v) is 14.6. The molecule has 3 atom stereocenters. The lowest BCUT2D eigenvalue weighted by molar-refractivity contribution is -0.124. The Labute approximate surface area is 146 Å². The maximum absolute atomic E-state index is 12.1. The average Bonchev–Trinajstić information content (AvgIpc) is 2.96. The first kappa shape index (κ1) is 19.3. The summed E-state index contributed by atoms with van der Waals surface area (Å²) in [6, 6.07) is 2.59. The van der Waals surface area contributed by atoms with E-state index in [9.17, 15) is 23.1 Å². The summed E-state index contributed by atoms with van der Waals surface area (Å²) in [5.41, 5.74) is 0.423. The van der Waals surface area contributed by atoms with Crippen LogP contribution >= 0.6 is 0 Å². The Kier molecular flexibility index (Phi) is 6.45. The van der Waals surface area contributed by atoms with Gasteiger partial charge in [-0.2, -0.15) is 0 Å². The molecule has 2 rings (SSSR count). The molecular formula is C15H22N4O5S. The molecule has 9 nitrogen and oxygen atoms in total. The molecule has 1 aromatic rings. The van der Waals surface area contributed by atoms with Crippen molar-refractivity contribution in [2.75, 3.05) is 19.3 Å². The number of aliphatic hydroxyl groups is 1. The minimum Gasteiger partial charge on any atom is -0.391 e. The van der Waals surface area contributed by atoms with Gasteiger partial charge in [-0.3, -0.25) is 14.6 Å². The Balaban J connectivity index is 1.84. The van der Waals surface area contributed by atoms with Gasteiger partial charge in [0.05, 0.1) is 17.9 Å². The number of carbonyl (C=O) groups excluding carboxylic acids is 2. The number of pyridine rings is 1. The van der Waals surface area contributed by atoms with Crippen LogP contribution < -0.4 is 15.4 Å². The first-order chi connectivity index (χ1) is 11.8. The van der Waals surface area contributed by atoms with Crippen molar-refractivity contribution >= 4 is 21.8 Å². The van der Waals surface area contributed by atoms with Crippen LogP contribution in [0.5, 0.6) is 0 Å². The smallest absolute Gasteiger partial charge is 0.251 e. The van der Waals surface area contributed by atoms with Crippen molar-refractivity contribution in [1.82, 2.24) is 20.3 Å². The number of sulfonamides is 1. The monoisotopic (exact) mass is 370 g/mol. The third-order valence-electron chi connectivity index (χ3n) is 4.14. The normalized spacial score (nSPS) is 23.2. The fraction of sp³-hybridized carbons (Fsp3) is 0.533. The zero-order valence-electron chi connectivity index (χ0n) is 13.8. The van der Waals surface area contributed by atoms with Gasteiger partial charge in [-0.15, -0.1) is 0 Å². The van der Waals surface area contributed by atoms with Crippen LogP contribution in [-0.4, -0.2) is 61.8 Å². The fourth-order valence-corrected chi connectivity index (χ4v) is 3.27. The number of hydrogen-bond donors (Lipinski definition) is 4. The molecule has 1 aliphatic carbocycles. The molecular weight excluding hydrogens is 348 g/mol. The summed E-state index contributed by atoms with van der Waals surface area (Å²) in [4.78, 5) is 28.1.